The zero-order chi connectivity index (χ0) is 17.9. The Morgan fingerprint density at radius 3 is 2.50 bits per heavy atom. The molecule has 2 aromatic rings. The third-order valence-corrected chi connectivity index (χ3v) is 3.36. The van der Waals surface area contributed by atoms with Gasteiger partial charge in [0, 0.05) is 5.69 Å². The lowest BCUT2D eigenvalue weighted by Crippen LogP contribution is -2.36. The Morgan fingerprint density at radius 1 is 1.29 bits per heavy atom. The van der Waals surface area contributed by atoms with E-state index in [-0.39, 0.29) is 5.56 Å². The maximum atomic E-state index is 13.2. The second kappa shape index (κ2) is 6.73. The second-order valence-corrected chi connectivity index (χ2v) is 4.92. The fourth-order valence-electron chi connectivity index (χ4n) is 2.18. The first-order valence-corrected chi connectivity index (χ1v) is 6.80. The van der Waals surface area contributed by atoms with E-state index in [2.05, 4.69) is 20.3 Å². The summed E-state index contributed by atoms with van der Waals surface area (Å²) in [7, 11) is 1.03. The second-order valence-electron chi connectivity index (χ2n) is 4.92. The van der Waals surface area contributed by atoms with Gasteiger partial charge in [-0.15, -0.1) is 0 Å². The molecule has 0 spiro atoms. The maximum Gasteiger partial charge on any atom is 0.416 e. The number of nitrogens with zero attached hydrogens (tertiary/aromatic N) is 1. The summed E-state index contributed by atoms with van der Waals surface area (Å²) in [5, 5.41) is 8.46. The van der Waals surface area contributed by atoms with Gasteiger partial charge in [0.1, 0.15) is 0 Å². The maximum absolute atomic E-state index is 13.2. The largest absolute Gasteiger partial charge is 0.467 e. The average Bonchev–Trinajstić information content (AvgIpc) is 2.97. The number of esters is 1. The van der Waals surface area contributed by atoms with E-state index in [4.69, 9.17) is 0 Å². The normalized spacial score (nSPS) is 12.5. The molecule has 0 unspecified atom stereocenters. The molecule has 9 heteroatoms. The van der Waals surface area contributed by atoms with E-state index < -0.39 is 35.2 Å². The summed E-state index contributed by atoms with van der Waals surface area (Å²) in [6.45, 7) is 1.57. The molecule has 0 aliphatic carbocycles. The predicted octanol–water partition coefficient (Wildman–Crippen LogP) is 2.38. The third-order valence-electron chi connectivity index (χ3n) is 3.36. The number of H-pyrrole nitrogens is 1. The lowest BCUT2D eigenvalue weighted by Gasteiger charge is -2.20. The Kier molecular flexibility index (Phi) is 4.91. The molecule has 6 nitrogen and oxygen atoms in total. The molecule has 0 fully saturated rings. The summed E-state index contributed by atoms with van der Waals surface area (Å²) >= 11 is 0. The number of ether oxygens (including phenoxy) is 1. The van der Waals surface area contributed by atoms with Crippen LogP contribution in [0.2, 0.25) is 0 Å². The minimum Gasteiger partial charge on any atom is -0.467 e. The van der Waals surface area contributed by atoms with Gasteiger partial charge in [-0.25, -0.2) is 4.79 Å². The summed E-state index contributed by atoms with van der Waals surface area (Å²) < 4.78 is 44.1. The molecule has 0 bridgehead atoms. The number of hydrogen-bond donors (Lipinski definition) is 2. The highest BCUT2D eigenvalue weighted by atomic mass is 19.4. The van der Waals surface area contributed by atoms with Crippen LogP contribution in [0.3, 0.4) is 0 Å². The van der Waals surface area contributed by atoms with Gasteiger partial charge in [0.25, 0.3) is 5.91 Å². The zero-order valence-electron chi connectivity index (χ0n) is 12.8. The molecular weight excluding hydrogens is 327 g/mol. The van der Waals surface area contributed by atoms with Crippen molar-refractivity contribution < 1.29 is 27.5 Å². The Morgan fingerprint density at radius 2 is 1.96 bits per heavy atom. The highest BCUT2D eigenvalue weighted by molar-refractivity contribution is 5.97. The molecule has 0 saturated carbocycles. The number of amides is 1. The van der Waals surface area contributed by atoms with Crippen molar-refractivity contribution in [2.75, 3.05) is 7.11 Å². The van der Waals surface area contributed by atoms with Gasteiger partial charge in [-0.3, -0.25) is 9.89 Å². The number of alkyl halides is 3. The molecular formula is C15H14F3N3O3. The van der Waals surface area contributed by atoms with Gasteiger partial charge >= 0.3 is 12.1 Å². The van der Waals surface area contributed by atoms with Crippen LogP contribution in [0.1, 0.15) is 33.2 Å². The smallest absolute Gasteiger partial charge is 0.416 e. The number of nitrogens with one attached hydrogen (secondary N) is 2. The summed E-state index contributed by atoms with van der Waals surface area (Å²) in [5.74, 6) is -1.75. The monoisotopic (exact) mass is 341 g/mol. The average molecular weight is 341 g/mol. The van der Waals surface area contributed by atoms with E-state index in [0.717, 1.165) is 19.2 Å². The molecule has 128 valence electrons. The molecule has 1 amide bonds. The van der Waals surface area contributed by atoms with Crippen LogP contribution < -0.4 is 5.32 Å². The number of carbonyl (C=O) groups excluding carboxylic acids is 2. The van der Waals surface area contributed by atoms with Crippen molar-refractivity contribution in [3.8, 4) is 0 Å². The Bertz CT molecular complexity index is 756. The summed E-state index contributed by atoms with van der Waals surface area (Å²) in [4.78, 5) is 24.2. The predicted molar refractivity (Wildman–Crippen MR) is 77.0 cm³/mol. The van der Waals surface area contributed by atoms with Crippen LogP contribution in [0.15, 0.2) is 30.5 Å². The third kappa shape index (κ3) is 3.55. The van der Waals surface area contributed by atoms with Crippen LogP contribution in [-0.4, -0.2) is 29.2 Å². The van der Waals surface area contributed by atoms with E-state index in [1.807, 2.05) is 0 Å². The molecule has 2 N–H and O–H groups in total. The number of aromatic amines is 1. The number of carbonyl (C=O) groups is 2. The molecule has 24 heavy (non-hydrogen) atoms. The fourth-order valence-corrected chi connectivity index (χ4v) is 2.18. The molecule has 0 aliphatic heterocycles. The quantitative estimate of drug-likeness (QED) is 0.837. The van der Waals surface area contributed by atoms with E-state index in [1.165, 1.54) is 18.3 Å². The molecule has 1 aromatic heterocycles. The number of benzene rings is 1. The number of hydrogen-bond acceptors (Lipinski definition) is 4. The first-order valence-electron chi connectivity index (χ1n) is 6.80. The van der Waals surface area contributed by atoms with Crippen LogP contribution in [-0.2, 0) is 15.7 Å². The molecule has 0 saturated heterocycles. The van der Waals surface area contributed by atoms with Crippen molar-refractivity contribution >= 4 is 11.9 Å². The van der Waals surface area contributed by atoms with Crippen molar-refractivity contribution in [3.63, 3.8) is 0 Å². The standard InChI is InChI=1S/C15H14F3N3O3/c1-8-10(7-19-21-8)13(22)20-12(14(23)24-2)9-5-3-4-6-11(9)15(16,17)18/h3-7,12H,1-2H3,(H,19,21)(H,20,22)/t12-/m1/s1. The minimum atomic E-state index is -4.68. The summed E-state index contributed by atoms with van der Waals surface area (Å²) in [6, 6.07) is 2.89. The lowest BCUT2D eigenvalue weighted by atomic mass is 9.99. The van der Waals surface area contributed by atoms with Crippen LogP contribution in [0.4, 0.5) is 13.2 Å². The molecule has 0 aliphatic rings. The first kappa shape index (κ1) is 17.5. The van der Waals surface area contributed by atoms with Crippen LogP contribution in [0.5, 0.6) is 0 Å². The van der Waals surface area contributed by atoms with Gasteiger partial charge < -0.3 is 10.1 Å². The van der Waals surface area contributed by atoms with Crippen molar-refractivity contribution in [1.29, 1.82) is 0 Å². The first-order chi connectivity index (χ1) is 11.3. The van der Waals surface area contributed by atoms with Gasteiger partial charge in [0.05, 0.1) is 24.4 Å². The highest BCUT2D eigenvalue weighted by Crippen LogP contribution is 2.35. The van der Waals surface area contributed by atoms with Gasteiger partial charge in [-0.1, -0.05) is 18.2 Å². The SMILES string of the molecule is COC(=O)[C@H](NC(=O)c1cn[nH]c1C)c1ccccc1C(F)(F)F. The zero-order valence-corrected chi connectivity index (χ0v) is 12.8. The Labute approximate surface area is 135 Å². The van der Waals surface area contributed by atoms with Crippen molar-refractivity contribution in [2.24, 2.45) is 0 Å². The number of methoxy groups -OCH3 is 1. The van der Waals surface area contributed by atoms with Crippen LogP contribution in [0.25, 0.3) is 0 Å². The van der Waals surface area contributed by atoms with Gasteiger partial charge in [-0.05, 0) is 18.6 Å². The van der Waals surface area contributed by atoms with Crippen LogP contribution in [0, 0.1) is 6.92 Å². The molecule has 2 rings (SSSR count). The van der Waals surface area contributed by atoms with Crippen molar-refractivity contribution in [2.45, 2.75) is 19.1 Å². The number of aromatic nitrogens is 2. The van der Waals surface area contributed by atoms with E-state index in [9.17, 15) is 22.8 Å². The van der Waals surface area contributed by atoms with E-state index in [1.54, 1.807) is 6.92 Å². The van der Waals surface area contributed by atoms with Crippen molar-refractivity contribution in [3.05, 3.63) is 52.8 Å². The summed E-state index contributed by atoms with van der Waals surface area (Å²) in [5.41, 5.74) is -0.885. The molecule has 1 aromatic carbocycles. The van der Waals surface area contributed by atoms with Gasteiger partial charge in [0.15, 0.2) is 6.04 Å². The topological polar surface area (TPSA) is 84.1 Å². The number of aryl methyl sites for hydroxylation is 1. The highest BCUT2D eigenvalue weighted by Gasteiger charge is 2.37. The Balaban J connectivity index is 2.43. The minimum absolute atomic E-state index is 0.119. The van der Waals surface area contributed by atoms with Gasteiger partial charge in [-0.2, -0.15) is 18.3 Å². The van der Waals surface area contributed by atoms with E-state index in [0.29, 0.717) is 5.69 Å². The van der Waals surface area contributed by atoms with Crippen LogP contribution >= 0.6 is 0 Å². The molecule has 1 atom stereocenters. The number of halogens is 3. The number of rotatable bonds is 4. The fraction of sp³-hybridized carbons (Fsp3) is 0.267. The van der Waals surface area contributed by atoms with E-state index >= 15 is 0 Å². The van der Waals surface area contributed by atoms with Crippen molar-refractivity contribution in [1.82, 2.24) is 15.5 Å². The Hall–Kier alpha value is -2.84. The summed E-state index contributed by atoms with van der Waals surface area (Å²) in [6.07, 6.45) is -3.46. The molecule has 0 radical (unpaired) electrons. The van der Waals surface area contributed by atoms with Gasteiger partial charge in [0.2, 0.25) is 0 Å². The lowest BCUT2D eigenvalue weighted by molar-refractivity contribution is -0.144. The molecule has 1 heterocycles.